The maximum Gasteiger partial charge on any atom is 0.419 e. The molecule has 62 heavy (non-hydrogen) atoms. The first-order chi connectivity index (χ1) is 29.6. The molecule has 21 heteroatoms. The van der Waals surface area contributed by atoms with Gasteiger partial charge in [0, 0.05) is 87.7 Å². The second-order valence-electron chi connectivity index (χ2n) is 14.7. The highest BCUT2D eigenvalue weighted by molar-refractivity contribution is 7.80. The summed E-state index contributed by atoms with van der Waals surface area (Å²) in [7, 11) is 2.88. The Morgan fingerprint density at radius 1 is 1.06 bits per heavy atom. The van der Waals surface area contributed by atoms with E-state index in [0.29, 0.717) is 44.9 Å². The molecule has 3 N–H and O–H groups in total. The van der Waals surface area contributed by atoms with Gasteiger partial charge >= 0.3 is 6.18 Å². The first-order valence-corrected chi connectivity index (χ1v) is 20.2. The lowest BCUT2D eigenvalue weighted by Crippen LogP contribution is -2.46. The molecule has 1 unspecified atom stereocenters. The van der Waals surface area contributed by atoms with Crippen LogP contribution in [-0.2, 0) is 28.9 Å². The molecular weight excluding hydrogens is 843 g/mol. The summed E-state index contributed by atoms with van der Waals surface area (Å²) in [6, 6.07) is 9.58. The Kier molecular flexibility index (Phi) is 16.9. The van der Waals surface area contributed by atoms with Crippen LogP contribution in [0.25, 0.3) is 11.3 Å². The summed E-state index contributed by atoms with van der Waals surface area (Å²) in [4.78, 5) is 61.9. The van der Waals surface area contributed by atoms with Crippen LogP contribution in [0.3, 0.4) is 0 Å². The molecule has 0 aliphatic carbocycles. The summed E-state index contributed by atoms with van der Waals surface area (Å²) >= 11 is 4.38. The van der Waals surface area contributed by atoms with Gasteiger partial charge in [-0.1, -0.05) is 12.1 Å². The minimum atomic E-state index is -4.67. The molecule has 6 rings (SSSR count). The van der Waals surface area contributed by atoms with Crippen LogP contribution in [0.2, 0.25) is 0 Å². The Labute approximate surface area is 359 Å². The van der Waals surface area contributed by atoms with E-state index in [1.54, 1.807) is 0 Å². The van der Waals surface area contributed by atoms with Gasteiger partial charge in [0.2, 0.25) is 11.9 Å². The van der Waals surface area contributed by atoms with E-state index in [2.05, 4.69) is 48.5 Å². The van der Waals surface area contributed by atoms with Crippen molar-refractivity contribution in [1.82, 2.24) is 40.2 Å². The highest BCUT2D eigenvalue weighted by atomic mass is 32.1. The number of aldehydes is 2. The number of nitrogens with one attached hydrogen (secondary N) is 3. The Morgan fingerprint density at radius 3 is 2.42 bits per heavy atom. The minimum Gasteiger partial charge on any atom is -0.367 e. The van der Waals surface area contributed by atoms with Crippen molar-refractivity contribution in [3.05, 3.63) is 83.1 Å². The molecule has 2 fully saturated rings. The number of amides is 2. The van der Waals surface area contributed by atoms with E-state index >= 15 is 4.39 Å². The van der Waals surface area contributed by atoms with Crippen molar-refractivity contribution < 1.29 is 45.5 Å². The third-order valence-corrected chi connectivity index (χ3v) is 10.7. The second kappa shape index (κ2) is 22.0. The number of hydrogen-bond acceptors (Lipinski definition) is 12. The molecular formula is C41H48F6N10O4S. The van der Waals surface area contributed by atoms with Gasteiger partial charge in [0.1, 0.15) is 24.2 Å². The number of piperazine rings is 1. The Hall–Kier alpha value is -5.54. The van der Waals surface area contributed by atoms with Crippen molar-refractivity contribution in [2.24, 2.45) is 0 Å². The zero-order chi connectivity index (χ0) is 45.0. The topological polar surface area (TPSA) is 158 Å². The summed E-state index contributed by atoms with van der Waals surface area (Å²) < 4.78 is 80.8. The van der Waals surface area contributed by atoms with E-state index < -0.39 is 42.5 Å². The summed E-state index contributed by atoms with van der Waals surface area (Å²) in [6.45, 7) is 4.21. The van der Waals surface area contributed by atoms with Crippen molar-refractivity contribution in [2.45, 2.75) is 68.4 Å². The van der Waals surface area contributed by atoms with Gasteiger partial charge < -0.3 is 30.5 Å². The molecule has 2 aromatic heterocycles. The molecule has 2 aromatic carbocycles. The normalized spacial score (nSPS) is 15.4. The summed E-state index contributed by atoms with van der Waals surface area (Å²) in [5, 5.41) is 12.4. The molecule has 4 heterocycles. The fourth-order valence-corrected chi connectivity index (χ4v) is 7.27. The van der Waals surface area contributed by atoms with Gasteiger partial charge in [0.15, 0.2) is 6.29 Å². The lowest BCUT2D eigenvalue weighted by molar-refractivity contribution is -0.137. The van der Waals surface area contributed by atoms with Crippen LogP contribution in [0.5, 0.6) is 0 Å². The van der Waals surface area contributed by atoms with Crippen molar-refractivity contribution >= 4 is 48.7 Å². The minimum absolute atomic E-state index is 0.00809. The number of halogens is 6. The van der Waals surface area contributed by atoms with Gasteiger partial charge in [-0.25, -0.2) is 23.1 Å². The van der Waals surface area contributed by atoms with Gasteiger partial charge in [-0.3, -0.25) is 24.0 Å². The molecule has 2 amide bonds. The highest BCUT2D eigenvalue weighted by Crippen LogP contribution is 2.36. The van der Waals surface area contributed by atoms with Gasteiger partial charge in [-0.15, -0.1) is 12.6 Å². The quantitative estimate of drug-likeness (QED) is 0.0707. The van der Waals surface area contributed by atoms with Crippen LogP contribution < -0.4 is 20.9 Å². The van der Waals surface area contributed by atoms with Crippen molar-refractivity contribution in [1.29, 1.82) is 0 Å². The molecule has 2 aliphatic rings. The number of nitrogens with zero attached hydrogens (tertiary/aromatic N) is 7. The number of benzene rings is 2. The van der Waals surface area contributed by atoms with E-state index in [1.165, 1.54) is 20.2 Å². The number of alkyl halides is 5. The van der Waals surface area contributed by atoms with E-state index in [-0.39, 0.29) is 58.8 Å². The molecule has 0 saturated carbocycles. The van der Waals surface area contributed by atoms with Crippen molar-refractivity contribution in [3.63, 3.8) is 0 Å². The zero-order valence-electron chi connectivity index (χ0n) is 34.0. The number of hydrogen-bond donors (Lipinski definition) is 4. The van der Waals surface area contributed by atoms with Gasteiger partial charge in [-0.05, 0) is 62.2 Å². The van der Waals surface area contributed by atoms with E-state index in [9.17, 15) is 41.1 Å². The maximum absolute atomic E-state index is 15.2. The maximum atomic E-state index is 15.2. The van der Waals surface area contributed by atoms with Gasteiger partial charge in [0.25, 0.3) is 12.3 Å². The van der Waals surface area contributed by atoms with Gasteiger partial charge in [0.05, 0.1) is 29.2 Å². The number of carbonyl (C=O) groups is 4. The molecule has 1 atom stereocenters. The van der Waals surface area contributed by atoms with Crippen LogP contribution >= 0.6 is 12.6 Å². The predicted molar refractivity (Wildman–Crippen MR) is 222 cm³/mol. The number of anilines is 2. The highest BCUT2D eigenvalue weighted by Gasteiger charge is 2.36. The number of thiol groups is 1. The Balaban J connectivity index is 0.000000246. The number of piperidine rings is 1. The molecule has 2 saturated heterocycles. The summed E-state index contributed by atoms with van der Waals surface area (Å²) in [5.74, 6) is -1.46. The van der Waals surface area contributed by atoms with Crippen molar-refractivity contribution in [2.75, 3.05) is 63.6 Å². The van der Waals surface area contributed by atoms with Crippen LogP contribution in [0.1, 0.15) is 57.5 Å². The molecule has 4 aromatic rings. The van der Waals surface area contributed by atoms with Crippen LogP contribution in [0.15, 0.2) is 59.9 Å². The molecule has 2 aliphatic heterocycles. The van der Waals surface area contributed by atoms with E-state index in [0.717, 1.165) is 71.0 Å². The van der Waals surface area contributed by atoms with Crippen molar-refractivity contribution in [3.8, 4) is 11.3 Å². The average molecular weight is 891 g/mol. The van der Waals surface area contributed by atoms with E-state index in [1.807, 2.05) is 29.2 Å². The fraction of sp³-hybridized carbons (Fsp3) is 0.439. The number of carbonyl (C=O) groups excluding carboxylic acids is 4. The first kappa shape index (κ1) is 47.5. The monoisotopic (exact) mass is 890 g/mol. The second-order valence-corrected chi connectivity index (χ2v) is 15.3. The lowest BCUT2D eigenvalue weighted by atomic mass is 10.0. The summed E-state index contributed by atoms with van der Waals surface area (Å²) in [6.07, 6.45) is -1.56. The number of rotatable bonds is 15. The molecule has 0 spiro atoms. The Morgan fingerprint density at radius 2 is 1.79 bits per heavy atom. The SMILES string of the molecule is CNC(=O)CCC(C=O)N(C)C(=O)c1cc(F)c(N2CCN(Cc3cccc(S)c3)CC2)cc1C=O.FC(F)Cn1cc(-c2nc(NC3CCNCC3)ncc2C(F)(F)F)cn1. The van der Waals surface area contributed by atoms with Crippen LogP contribution in [-0.4, -0.2) is 126 Å². The summed E-state index contributed by atoms with van der Waals surface area (Å²) in [5.41, 5.74) is -0.0673. The zero-order valence-corrected chi connectivity index (χ0v) is 34.9. The molecule has 0 radical (unpaired) electrons. The number of likely N-dealkylation sites (N-methyl/N-ethyl adjacent to an activating group) is 1. The first-order valence-electron chi connectivity index (χ1n) is 19.8. The fourth-order valence-electron chi connectivity index (χ4n) is 7.02. The molecule has 334 valence electrons. The average Bonchev–Trinajstić information content (AvgIpc) is 3.71. The molecule has 14 nitrogen and oxygen atoms in total. The lowest BCUT2D eigenvalue weighted by Gasteiger charge is -2.36. The van der Waals surface area contributed by atoms with Crippen LogP contribution in [0, 0.1) is 5.82 Å². The molecule has 0 bridgehead atoms. The third-order valence-electron chi connectivity index (χ3n) is 10.4. The number of aromatic nitrogens is 4. The van der Waals surface area contributed by atoms with E-state index in [4.69, 9.17) is 0 Å². The Bertz CT molecular complexity index is 2160. The smallest absolute Gasteiger partial charge is 0.367 e. The third kappa shape index (κ3) is 13.0. The standard InChI is InChI=1S/C26H31FN4O4S.C15H17F5N6/c1-28-25(34)7-6-20(17-33)29(2)26(35)22-14-23(27)24(13-19(22)16-32)31-10-8-30(9-11-31)15-18-4-3-5-21(36)12-18;16-12(17)8-26-7-9(5-23-26)13-11(15(18,19)20)6-22-14(25-13)24-10-1-3-21-4-2-10/h3-5,12-14,16-17,20,36H,6-11,15H2,1-2H3,(H,28,34);5-7,10,12,21H,1-4,8H2,(H,22,24,25). The van der Waals surface area contributed by atoms with Gasteiger partial charge in [-0.2, -0.15) is 18.3 Å². The van der Waals surface area contributed by atoms with Crippen LogP contribution in [0.4, 0.5) is 38.0 Å². The predicted octanol–water partition coefficient (Wildman–Crippen LogP) is 5.20. The largest absolute Gasteiger partial charge is 0.419 e.